The summed E-state index contributed by atoms with van der Waals surface area (Å²) in [5.41, 5.74) is 2.48. The number of aryl methyl sites for hydroxylation is 2. The smallest absolute Gasteiger partial charge is 0.180 e. The van der Waals surface area contributed by atoms with E-state index in [-0.39, 0.29) is 22.4 Å². The molecule has 1 aromatic rings. The minimum absolute atomic E-state index is 0. The van der Waals surface area contributed by atoms with E-state index in [9.17, 15) is 0 Å². The van der Waals surface area contributed by atoms with Crippen molar-refractivity contribution in [1.29, 1.82) is 0 Å². The van der Waals surface area contributed by atoms with Crippen LogP contribution in [0, 0.1) is 19.9 Å². The molecule has 0 amide bonds. The zero-order valence-electron chi connectivity index (χ0n) is 5.53. The minimum Gasteiger partial charge on any atom is -0.180 e. The van der Waals surface area contributed by atoms with E-state index in [4.69, 9.17) is 0 Å². The molecule has 0 unspecified atom stereocenters. The molecule has 0 aliphatic carbocycles. The van der Waals surface area contributed by atoms with Crippen LogP contribution in [0.3, 0.4) is 0 Å². The second-order valence-electron chi connectivity index (χ2n) is 2.05. The topological polar surface area (TPSA) is 0 Å². The molecule has 0 N–H and O–H groups in total. The first-order valence-corrected chi connectivity index (χ1v) is 2.74. The fraction of sp³-hybridized carbons (Fsp3) is 0.250. The Morgan fingerprint density at radius 2 is 1.89 bits per heavy atom. The molecule has 52 valence electrons. The number of benzene rings is 1. The average molecular weight is 302 g/mol. The van der Waals surface area contributed by atoms with Crippen LogP contribution in [0.15, 0.2) is 18.2 Å². The van der Waals surface area contributed by atoms with Gasteiger partial charge in [0.1, 0.15) is 0 Å². The molecular weight excluding hydrogens is 293 g/mol. The number of rotatable bonds is 0. The van der Waals surface area contributed by atoms with Gasteiger partial charge < -0.3 is 0 Å². The molecule has 9 heavy (non-hydrogen) atoms. The normalized spacial score (nSPS) is 8.22. The SMILES string of the molecule is Cc1[c-]cc(C)cc1.[Au+]. The van der Waals surface area contributed by atoms with Gasteiger partial charge in [0.2, 0.25) is 0 Å². The Morgan fingerprint density at radius 3 is 2.22 bits per heavy atom. The molecule has 0 saturated carbocycles. The van der Waals surface area contributed by atoms with Crippen LogP contribution in [0.25, 0.3) is 0 Å². The third-order valence-electron chi connectivity index (χ3n) is 1.12. The van der Waals surface area contributed by atoms with Crippen molar-refractivity contribution in [2.75, 3.05) is 0 Å². The first kappa shape index (κ1) is 8.96. The van der Waals surface area contributed by atoms with Crippen molar-refractivity contribution < 1.29 is 22.4 Å². The van der Waals surface area contributed by atoms with Crippen LogP contribution in [0.5, 0.6) is 0 Å². The van der Waals surface area contributed by atoms with E-state index in [1.807, 2.05) is 13.0 Å². The molecule has 0 aromatic heterocycles. The van der Waals surface area contributed by atoms with Crippen LogP contribution in [0.1, 0.15) is 11.1 Å². The van der Waals surface area contributed by atoms with Crippen molar-refractivity contribution in [2.45, 2.75) is 13.8 Å². The summed E-state index contributed by atoms with van der Waals surface area (Å²) in [4.78, 5) is 0. The molecular formula is C8H9Au. The monoisotopic (exact) mass is 302 g/mol. The second-order valence-corrected chi connectivity index (χ2v) is 2.05. The molecule has 0 heterocycles. The van der Waals surface area contributed by atoms with Gasteiger partial charge in [-0.15, -0.1) is 0 Å². The van der Waals surface area contributed by atoms with E-state index in [2.05, 4.69) is 25.1 Å². The van der Waals surface area contributed by atoms with E-state index in [0.29, 0.717) is 0 Å². The molecule has 0 aliphatic heterocycles. The van der Waals surface area contributed by atoms with E-state index < -0.39 is 0 Å². The molecule has 1 heteroatoms. The predicted molar refractivity (Wildman–Crippen MR) is 34.8 cm³/mol. The maximum atomic E-state index is 3.10. The average Bonchev–Trinajstić information content (AvgIpc) is 1.77. The summed E-state index contributed by atoms with van der Waals surface area (Å²) >= 11 is 0. The summed E-state index contributed by atoms with van der Waals surface area (Å²) in [6, 6.07) is 9.25. The second kappa shape index (κ2) is 3.89. The van der Waals surface area contributed by atoms with E-state index in [0.717, 1.165) is 0 Å². The van der Waals surface area contributed by atoms with Gasteiger partial charge in [-0.3, -0.25) is 0 Å². The van der Waals surface area contributed by atoms with Crippen molar-refractivity contribution in [3.8, 4) is 0 Å². The van der Waals surface area contributed by atoms with Crippen LogP contribution < -0.4 is 0 Å². The van der Waals surface area contributed by atoms with E-state index in [1.54, 1.807) is 0 Å². The summed E-state index contributed by atoms with van der Waals surface area (Å²) in [6.45, 7) is 4.11. The quantitative estimate of drug-likeness (QED) is 0.508. The van der Waals surface area contributed by atoms with Crippen LogP contribution in [0.2, 0.25) is 0 Å². The van der Waals surface area contributed by atoms with Crippen LogP contribution >= 0.6 is 0 Å². The third kappa shape index (κ3) is 2.85. The van der Waals surface area contributed by atoms with E-state index >= 15 is 0 Å². The van der Waals surface area contributed by atoms with Gasteiger partial charge in [-0.2, -0.15) is 35.4 Å². The fourth-order valence-corrected chi connectivity index (χ4v) is 0.580. The summed E-state index contributed by atoms with van der Waals surface area (Å²) < 4.78 is 0. The molecule has 1 aromatic carbocycles. The summed E-state index contributed by atoms with van der Waals surface area (Å²) in [7, 11) is 0. The zero-order chi connectivity index (χ0) is 5.98. The Balaban J connectivity index is 0.000000640. The van der Waals surface area contributed by atoms with Gasteiger partial charge in [-0.25, -0.2) is 0 Å². The van der Waals surface area contributed by atoms with E-state index in [1.165, 1.54) is 11.1 Å². The third-order valence-corrected chi connectivity index (χ3v) is 1.12. The molecule has 0 radical (unpaired) electrons. The molecule has 0 nitrogen and oxygen atoms in total. The summed E-state index contributed by atoms with van der Waals surface area (Å²) in [5.74, 6) is 0. The first-order chi connectivity index (χ1) is 3.79. The Morgan fingerprint density at radius 1 is 1.22 bits per heavy atom. The van der Waals surface area contributed by atoms with Crippen LogP contribution in [-0.2, 0) is 22.4 Å². The van der Waals surface area contributed by atoms with Gasteiger partial charge in [0, 0.05) is 0 Å². The largest absolute Gasteiger partial charge is 1.00 e. The minimum atomic E-state index is 0. The molecule has 0 spiro atoms. The maximum absolute atomic E-state index is 3.10. The van der Waals surface area contributed by atoms with Gasteiger partial charge >= 0.3 is 22.4 Å². The van der Waals surface area contributed by atoms with Gasteiger partial charge in [0.15, 0.2) is 0 Å². The van der Waals surface area contributed by atoms with Crippen molar-refractivity contribution in [3.05, 3.63) is 35.4 Å². The number of hydrogen-bond donors (Lipinski definition) is 0. The molecule has 0 fully saturated rings. The van der Waals surface area contributed by atoms with Gasteiger partial charge in [0.05, 0.1) is 0 Å². The van der Waals surface area contributed by atoms with Gasteiger partial charge in [0.25, 0.3) is 0 Å². The molecule has 0 saturated heterocycles. The Bertz CT molecular complexity index is 143. The molecule has 0 aliphatic rings. The van der Waals surface area contributed by atoms with Crippen molar-refractivity contribution >= 4 is 0 Å². The van der Waals surface area contributed by atoms with Crippen LogP contribution in [0.4, 0.5) is 0 Å². The van der Waals surface area contributed by atoms with Gasteiger partial charge in [-0.1, -0.05) is 13.8 Å². The van der Waals surface area contributed by atoms with Gasteiger partial charge in [-0.05, 0) is 0 Å². The van der Waals surface area contributed by atoms with Crippen molar-refractivity contribution in [1.82, 2.24) is 0 Å². The molecule has 1 rings (SSSR count). The fourth-order valence-electron chi connectivity index (χ4n) is 0.580. The Kier molecular flexibility index (Phi) is 3.87. The maximum Gasteiger partial charge on any atom is 1.00 e. The Hall–Kier alpha value is -0.0397. The summed E-state index contributed by atoms with van der Waals surface area (Å²) in [6.07, 6.45) is 0. The standard InChI is InChI=1S/C8H9.Au/c1-7-3-5-8(2)6-4-7;/h3-5H,1-2H3;/q-1;+1. The molecule has 0 bridgehead atoms. The van der Waals surface area contributed by atoms with Crippen LogP contribution in [-0.4, -0.2) is 0 Å². The Labute approximate surface area is 71.8 Å². The predicted octanol–water partition coefficient (Wildman–Crippen LogP) is 2.10. The number of hydrogen-bond acceptors (Lipinski definition) is 0. The molecule has 0 atom stereocenters. The summed E-state index contributed by atoms with van der Waals surface area (Å²) in [5, 5.41) is 0. The van der Waals surface area contributed by atoms with Crippen molar-refractivity contribution in [3.63, 3.8) is 0 Å². The zero-order valence-corrected chi connectivity index (χ0v) is 7.70. The van der Waals surface area contributed by atoms with Crippen molar-refractivity contribution in [2.24, 2.45) is 0 Å². The first-order valence-electron chi connectivity index (χ1n) is 2.74.